The molecule has 2 aromatic carbocycles. The summed E-state index contributed by atoms with van der Waals surface area (Å²) >= 11 is 4.22. The second-order valence-electron chi connectivity index (χ2n) is 7.10. The van der Waals surface area contributed by atoms with E-state index in [0.29, 0.717) is 13.2 Å². The maximum atomic E-state index is 12.1. The largest absolute Gasteiger partial charge is 0.449 e. The second kappa shape index (κ2) is 10.4. The van der Waals surface area contributed by atoms with E-state index in [1.54, 1.807) is 0 Å². The minimum absolute atomic E-state index is 0.120. The molecule has 2 aromatic rings. The zero-order chi connectivity index (χ0) is 18.9. The number of amides is 1. The topological polar surface area (TPSA) is 38.3 Å². The summed E-state index contributed by atoms with van der Waals surface area (Å²) in [5.74, 6) is 1.10. The first-order valence-corrected chi connectivity index (χ1v) is 10.6. The van der Waals surface area contributed by atoms with E-state index in [1.165, 1.54) is 47.9 Å². The lowest BCUT2D eigenvalue weighted by molar-refractivity contribution is 0.143. The van der Waals surface area contributed by atoms with Gasteiger partial charge in [0.05, 0.1) is 0 Å². The van der Waals surface area contributed by atoms with Crippen molar-refractivity contribution in [3.63, 3.8) is 0 Å². The summed E-state index contributed by atoms with van der Waals surface area (Å²) in [6.07, 6.45) is 6.77. The molecular weight excluding hydrogens is 354 g/mol. The van der Waals surface area contributed by atoms with Gasteiger partial charge in [-0.25, -0.2) is 4.79 Å². The van der Waals surface area contributed by atoms with E-state index in [0.717, 1.165) is 18.6 Å². The minimum Gasteiger partial charge on any atom is -0.449 e. The number of ether oxygens (including phenoxy) is 1. The van der Waals surface area contributed by atoms with Crippen LogP contribution in [0.5, 0.6) is 0 Å². The van der Waals surface area contributed by atoms with Crippen LogP contribution in [0, 0.1) is 0 Å². The molecule has 0 saturated heterocycles. The molecule has 0 unspecified atom stereocenters. The van der Waals surface area contributed by atoms with Crippen molar-refractivity contribution in [3.05, 3.63) is 59.7 Å². The van der Waals surface area contributed by atoms with Crippen molar-refractivity contribution in [3.8, 4) is 11.1 Å². The van der Waals surface area contributed by atoms with Gasteiger partial charge >= 0.3 is 6.09 Å². The third-order valence-electron chi connectivity index (χ3n) is 5.20. The summed E-state index contributed by atoms with van der Waals surface area (Å²) < 4.78 is 5.54. The molecule has 1 aliphatic rings. The molecule has 0 aromatic heterocycles. The molecule has 0 radical (unpaired) electrons. The molecule has 1 aliphatic carbocycles. The highest BCUT2D eigenvalue weighted by molar-refractivity contribution is 7.80. The van der Waals surface area contributed by atoms with Gasteiger partial charge in [0, 0.05) is 12.5 Å². The van der Waals surface area contributed by atoms with Gasteiger partial charge in [0.2, 0.25) is 0 Å². The Balaban J connectivity index is 1.42. The average Bonchev–Trinajstić information content (AvgIpc) is 3.02. The van der Waals surface area contributed by atoms with Gasteiger partial charge in [0.1, 0.15) is 6.61 Å². The van der Waals surface area contributed by atoms with E-state index in [2.05, 4.69) is 54.3 Å². The third-order valence-corrected chi connectivity index (χ3v) is 5.51. The fourth-order valence-corrected chi connectivity index (χ4v) is 4.01. The molecule has 1 N–H and O–H groups in total. The molecule has 0 atom stereocenters. The summed E-state index contributed by atoms with van der Waals surface area (Å²) in [5.41, 5.74) is 4.99. The quantitative estimate of drug-likeness (QED) is 0.402. The summed E-state index contributed by atoms with van der Waals surface area (Å²) in [6, 6.07) is 16.8. The fourth-order valence-electron chi connectivity index (χ4n) is 3.78. The molecule has 0 fully saturated rings. The van der Waals surface area contributed by atoms with Crippen molar-refractivity contribution in [2.24, 2.45) is 0 Å². The third kappa shape index (κ3) is 5.29. The Morgan fingerprint density at radius 2 is 1.41 bits per heavy atom. The number of carbonyl (C=O) groups is 1. The van der Waals surface area contributed by atoms with Crippen molar-refractivity contribution < 1.29 is 9.53 Å². The van der Waals surface area contributed by atoms with E-state index in [1.807, 2.05) is 12.1 Å². The Morgan fingerprint density at radius 3 is 2.04 bits per heavy atom. The first kappa shape index (κ1) is 19.8. The molecule has 27 heavy (non-hydrogen) atoms. The Kier molecular flexibility index (Phi) is 7.64. The molecule has 0 aliphatic heterocycles. The number of unbranched alkanes of at least 4 members (excludes halogenated alkanes) is 5. The first-order valence-electron chi connectivity index (χ1n) is 10.0. The zero-order valence-corrected chi connectivity index (χ0v) is 16.7. The number of carbonyl (C=O) groups excluding carboxylic acids is 1. The smallest absolute Gasteiger partial charge is 0.407 e. The van der Waals surface area contributed by atoms with Gasteiger partial charge in [0.25, 0.3) is 0 Å². The summed E-state index contributed by atoms with van der Waals surface area (Å²) in [5, 5.41) is 2.88. The van der Waals surface area contributed by atoms with E-state index >= 15 is 0 Å². The summed E-state index contributed by atoms with van der Waals surface area (Å²) in [4.78, 5) is 12.1. The van der Waals surface area contributed by atoms with Crippen molar-refractivity contribution >= 4 is 18.7 Å². The van der Waals surface area contributed by atoms with Gasteiger partial charge in [-0.15, -0.1) is 0 Å². The van der Waals surface area contributed by atoms with Crippen LogP contribution in [0.2, 0.25) is 0 Å². The lowest BCUT2D eigenvalue weighted by Crippen LogP contribution is -2.27. The van der Waals surface area contributed by atoms with Crippen molar-refractivity contribution in [1.82, 2.24) is 5.32 Å². The van der Waals surface area contributed by atoms with Gasteiger partial charge in [-0.1, -0.05) is 74.2 Å². The molecule has 4 heteroatoms. The average molecular weight is 384 g/mol. The highest BCUT2D eigenvalue weighted by atomic mass is 32.1. The highest BCUT2D eigenvalue weighted by Gasteiger charge is 2.28. The monoisotopic (exact) mass is 383 g/mol. The van der Waals surface area contributed by atoms with Crippen LogP contribution in [-0.2, 0) is 4.74 Å². The maximum Gasteiger partial charge on any atom is 0.407 e. The lowest BCUT2D eigenvalue weighted by atomic mass is 9.98. The molecule has 1 amide bonds. The Morgan fingerprint density at radius 1 is 0.852 bits per heavy atom. The molecule has 144 valence electrons. The standard InChI is InChI=1S/C23H29NO2S/c25-23(24-15-9-3-1-2-4-10-16-27)26-17-22-20-13-7-5-11-18(20)19-12-6-8-14-21(19)22/h5-8,11-14,22,27H,1-4,9-10,15-17H2,(H,24,25). The molecule has 3 nitrogen and oxygen atoms in total. The second-order valence-corrected chi connectivity index (χ2v) is 7.54. The van der Waals surface area contributed by atoms with Crippen LogP contribution in [0.3, 0.4) is 0 Å². The molecule has 0 spiro atoms. The molecule has 0 heterocycles. The predicted molar refractivity (Wildman–Crippen MR) is 115 cm³/mol. The van der Waals surface area contributed by atoms with Crippen molar-refractivity contribution in [2.75, 3.05) is 18.9 Å². The number of hydrogen-bond acceptors (Lipinski definition) is 3. The van der Waals surface area contributed by atoms with Gasteiger partial charge in [0.15, 0.2) is 0 Å². The number of thiol groups is 1. The van der Waals surface area contributed by atoms with Crippen LogP contribution in [0.4, 0.5) is 4.79 Å². The highest BCUT2D eigenvalue weighted by Crippen LogP contribution is 2.44. The SMILES string of the molecule is O=C(NCCCCCCCCS)OCC1c2ccccc2-c2ccccc21. The molecule has 0 bridgehead atoms. The van der Waals surface area contributed by atoms with Crippen LogP contribution >= 0.6 is 12.6 Å². The number of rotatable bonds is 10. The van der Waals surface area contributed by atoms with Crippen LogP contribution in [0.1, 0.15) is 55.6 Å². The van der Waals surface area contributed by atoms with Crippen LogP contribution in [0.25, 0.3) is 11.1 Å². The van der Waals surface area contributed by atoms with Gasteiger partial charge < -0.3 is 10.1 Å². The Hall–Kier alpha value is -1.94. The maximum absolute atomic E-state index is 12.1. The van der Waals surface area contributed by atoms with E-state index in [4.69, 9.17) is 4.74 Å². The molecule has 3 rings (SSSR count). The molecular formula is C23H29NO2S. The van der Waals surface area contributed by atoms with Gasteiger partial charge in [-0.3, -0.25) is 0 Å². The van der Waals surface area contributed by atoms with E-state index in [9.17, 15) is 4.79 Å². The van der Waals surface area contributed by atoms with E-state index < -0.39 is 0 Å². The van der Waals surface area contributed by atoms with Crippen LogP contribution in [-0.4, -0.2) is 25.0 Å². The van der Waals surface area contributed by atoms with Gasteiger partial charge in [-0.2, -0.15) is 12.6 Å². The van der Waals surface area contributed by atoms with Crippen LogP contribution < -0.4 is 5.32 Å². The minimum atomic E-state index is -0.313. The fraction of sp³-hybridized carbons (Fsp3) is 0.435. The zero-order valence-electron chi connectivity index (χ0n) is 15.8. The van der Waals surface area contributed by atoms with Crippen LogP contribution in [0.15, 0.2) is 48.5 Å². The van der Waals surface area contributed by atoms with E-state index in [-0.39, 0.29) is 12.0 Å². The lowest BCUT2D eigenvalue weighted by Gasteiger charge is -2.14. The summed E-state index contributed by atoms with van der Waals surface area (Å²) in [6.45, 7) is 1.06. The summed E-state index contributed by atoms with van der Waals surface area (Å²) in [7, 11) is 0. The van der Waals surface area contributed by atoms with Crippen molar-refractivity contribution in [2.45, 2.75) is 44.4 Å². The number of benzene rings is 2. The number of alkyl carbamates (subject to hydrolysis) is 1. The number of hydrogen-bond donors (Lipinski definition) is 2. The molecule has 0 saturated carbocycles. The van der Waals surface area contributed by atoms with Gasteiger partial charge in [-0.05, 0) is 40.8 Å². The Bertz CT molecular complexity index is 701. The first-order chi connectivity index (χ1) is 13.3. The van der Waals surface area contributed by atoms with Crippen molar-refractivity contribution in [1.29, 1.82) is 0 Å². The number of nitrogens with one attached hydrogen (secondary N) is 1. The predicted octanol–water partition coefficient (Wildman–Crippen LogP) is 5.80. The normalized spacial score (nSPS) is 12.5. The number of fused-ring (bicyclic) bond motifs is 3. The Labute approximate surface area is 167 Å².